The third-order valence-corrected chi connectivity index (χ3v) is 2.97. The molecule has 0 saturated heterocycles. The largest absolute Gasteiger partial charge is 0.484 e. The molecule has 1 aliphatic rings. The molecule has 0 fully saturated rings. The van der Waals surface area contributed by atoms with Gasteiger partial charge in [-0.1, -0.05) is 19.1 Å². The number of likely N-dealkylation sites (N-methyl/N-ethyl adjacent to an activating group) is 1. The van der Waals surface area contributed by atoms with E-state index in [0.29, 0.717) is 0 Å². The molecule has 3 heteroatoms. The van der Waals surface area contributed by atoms with Crippen LogP contribution in [0.4, 0.5) is 5.69 Å². The summed E-state index contributed by atoms with van der Waals surface area (Å²) in [5.41, 5.74) is 1.10. The maximum Gasteiger partial charge on any atom is 0.143 e. The fourth-order valence-corrected chi connectivity index (χ4v) is 2.27. The molecule has 2 rings (SSSR count). The second kappa shape index (κ2) is 4.96. The lowest BCUT2D eigenvalue weighted by atomic mass is 10.1. The third kappa shape index (κ3) is 2.91. The Morgan fingerprint density at radius 1 is 1.35 bits per heavy atom. The molecule has 0 amide bonds. The van der Waals surface area contributed by atoms with Crippen LogP contribution in [-0.2, 0) is 0 Å². The molecule has 3 nitrogen and oxygen atoms in total. The summed E-state index contributed by atoms with van der Waals surface area (Å²) in [7, 11) is 0. The Morgan fingerprint density at radius 2 is 2.12 bits per heavy atom. The highest BCUT2D eigenvalue weighted by Gasteiger charge is 2.30. The predicted molar refractivity (Wildman–Crippen MR) is 71.9 cm³/mol. The van der Waals surface area contributed by atoms with Gasteiger partial charge in [-0.05, 0) is 32.5 Å². The number of nitrogens with zero attached hydrogens (tertiary/aromatic N) is 1. The summed E-state index contributed by atoms with van der Waals surface area (Å²) in [6, 6.07) is 8.29. The molecule has 0 unspecified atom stereocenters. The van der Waals surface area contributed by atoms with Crippen molar-refractivity contribution in [1.29, 1.82) is 0 Å². The van der Waals surface area contributed by atoms with Gasteiger partial charge in [-0.3, -0.25) is 0 Å². The van der Waals surface area contributed by atoms with Gasteiger partial charge >= 0.3 is 0 Å². The van der Waals surface area contributed by atoms with Crippen LogP contribution in [0.2, 0.25) is 0 Å². The van der Waals surface area contributed by atoms with Gasteiger partial charge in [-0.25, -0.2) is 0 Å². The zero-order valence-corrected chi connectivity index (χ0v) is 11.0. The first-order chi connectivity index (χ1) is 8.12. The number of anilines is 1. The molecule has 1 aromatic rings. The standard InChI is InChI=1S/C14H22N2O/c1-4-15-9-10-16-11-14(2,3)17-13-8-6-5-7-12(13)16/h5-8,15H,4,9-11H2,1-3H3. The second-order valence-corrected chi connectivity index (χ2v) is 5.10. The molecule has 0 spiro atoms. The van der Waals surface area contributed by atoms with E-state index in [2.05, 4.69) is 49.2 Å². The first kappa shape index (κ1) is 12.2. The zero-order valence-electron chi connectivity index (χ0n) is 11.0. The van der Waals surface area contributed by atoms with Gasteiger partial charge < -0.3 is 15.0 Å². The first-order valence-electron chi connectivity index (χ1n) is 6.36. The van der Waals surface area contributed by atoms with Crippen LogP contribution in [0.3, 0.4) is 0 Å². The van der Waals surface area contributed by atoms with Crippen LogP contribution in [0.5, 0.6) is 5.75 Å². The molecule has 1 aromatic carbocycles. The number of benzene rings is 1. The van der Waals surface area contributed by atoms with Crippen LogP contribution < -0.4 is 15.0 Å². The lowest BCUT2D eigenvalue weighted by molar-refractivity contribution is 0.105. The number of para-hydroxylation sites is 2. The molecule has 1 aliphatic heterocycles. The van der Waals surface area contributed by atoms with Gasteiger partial charge in [0.1, 0.15) is 11.4 Å². The number of hydrogen-bond donors (Lipinski definition) is 1. The number of nitrogens with one attached hydrogen (secondary N) is 1. The van der Waals surface area contributed by atoms with Crippen molar-refractivity contribution in [3.05, 3.63) is 24.3 Å². The van der Waals surface area contributed by atoms with Gasteiger partial charge in [-0.15, -0.1) is 0 Å². The fraction of sp³-hybridized carbons (Fsp3) is 0.571. The van der Waals surface area contributed by atoms with Crippen molar-refractivity contribution in [3.8, 4) is 5.75 Å². The topological polar surface area (TPSA) is 24.5 Å². The molecule has 94 valence electrons. The molecule has 0 bridgehead atoms. The Labute approximate surface area is 104 Å². The fourth-order valence-electron chi connectivity index (χ4n) is 2.27. The van der Waals surface area contributed by atoms with Crippen LogP contribution in [0.25, 0.3) is 0 Å². The Balaban J connectivity index is 2.15. The normalized spacial score (nSPS) is 17.5. The maximum atomic E-state index is 5.99. The van der Waals surface area contributed by atoms with Crippen molar-refractivity contribution in [2.24, 2.45) is 0 Å². The summed E-state index contributed by atoms with van der Waals surface area (Å²) >= 11 is 0. The van der Waals surface area contributed by atoms with Crippen molar-refractivity contribution in [2.45, 2.75) is 26.4 Å². The van der Waals surface area contributed by atoms with Crippen LogP contribution >= 0.6 is 0 Å². The van der Waals surface area contributed by atoms with Gasteiger partial charge in [0, 0.05) is 13.1 Å². The minimum absolute atomic E-state index is 0.111. The summed E-state index contributed by atoms with van der Waals surface area (Å²) in [5.74, 6) is 1.00. The summed E-state index contributed by atoms with van der Waals surface area (Å²) in [5, 5.41) is 3.37. The smallest absolute Gasteiger partial charge is 0.143 e. The van der Waals surface area contributed by atoms with E-state index in [4.69, 9.17) is 4.74 Å². The summed E-state index contributed by atoms with van der Waals surface area (Å²) in [6.07, 6.45) is 0. The van der Waals surface area contributed by atoms with Crippen LogP contribution in [-0.4, -0.2) is 31.8 Å². The van der Waals surface area contributed by atoms with Crippen LogP contribution in [0, 0.1) is 0 Å². The monoisotopic (exact) mass is 234 g/mol. The second-order valence-electron chi connectivity index (χ2n) is 5.10. The van der Waals surface area contributed by atoms with E-state index in [0.717, 1.165) is 31.9 Å². The number of ether oxygens (including phenoxy) is 1. The molecule has 0 aliphatic carbocycles. The molecule has 17 heavy (non-hydrogen) atoms. The molecule has 1 heterocycles. The van der Waals surface area contributed by atoms with Gasteiger partial charge in [-0.2, -0.15) is 0 Å². The van der Waals surface area contributed by atoms with Crippen LogP contribution in [0.1, 0.15) is 20.8 Å². The lowest BCUT2D eigenvalue weighted by Gasteiger charge is -2.41. The third-order valence-electron chi connectivity index (χ3n) is 2.97. The molecular weight excluding hydrogens is 212 g/mol. The Kier molecular flexibility index (Phi) is 3.57. The highest BCUT2D eigenvalue weighted by atomic mass is 16.5. The Morgan fingerprint density at radius 3 is 2.88 bits per heavy atom. The van der Waals surface area contributed by atoms with Crippen molar-refractivity contribution < 1.29 is 4.74 Å². The van der Waals surface area contributed by atoms with Crippen LogP contribution in [0.15, 0.2) is 24.3 Å². The zero-order chi connectivity index (χ0) is 12.3. The molecular formula is C14H22N2O. The van der Waals surface area contributed by atoms with Gasteiger partial charge in [0.2, 0.25) is 0 Å². The lowest BCUT2D eigenvalue weighted by Crippen LogP contribution is -2.48. The highest BCUT2D eigenvalue weighted by molar-refractivity contribution is 5.60. The SMILES string of the molecule is CCNCCN1CC(C)(C)Oc2ccccc21. The van der Waals surface area contributed by atoms with Crippen molar-refractivity contribution in [3.63, 3.8) is 0 Å². The number of fused-ring (bicyclic) bond motifs is 1. The predicted octanol–water partition coefficient (Wildman–Crippen LogP) is 2.27. The van der Waals surface area contributed by atoms with E-state index in [1.807, 2.05) is 6.07 Å². The maximum absolute atomic E-state index is 5.99. The highest BCUT2D eigenvalue weighted by Crippen LogP contribution is 2.36. The van der Waals surface area contributed by atoms with E-state index in [1.165, 1.54) is 5.69 Å². The number of hydrogen-bond acceptors (Lipinski definition) is 3. The van der Waals surface area contributed by atoms with Gasteiger partial charge in [0.05, 0.1) is 12.2 Å². The number of rotatable bonds is 4. The molecule has 0 aromatic heterocycles. The van der Waals surface area contributed by atoms with Gasteiger partial charge in [0.25, 0.3) is 0 Å². The Bertz CT molecular complexity index is 376. The molecule has 1 N–H and O–H groups in total. The van der Waals surface area contributed by atoms with E-state index < -0.39 is 0 Å². The molecule has 0 radical (unpaired) electrons. The molecule has 0 saturated carbocycles. The summed E-state index contributed by atoms with van der Waals surface area (Å²) < 4.78 is 5.99. The van der Waals surface area contributed by atoms with E-state index in [-0.39, 0.29) is 5.60 Å². The quantitative estimate of drug-likeness (QED) is 0.809. The van der Waals surface area contributed by atoms with E-state index in [9.17, 15) is 0 Å². The summed E-state index contributed by atoms with van der Waals surface area (Å²) in [4.78, 5) is 2.40. The van der Waals surface area contributed by atoms with Gasteiger partial charge in [0.15, 0.2) is 0 Å². The average Bonchev–Trinajstić information content (AvgIpc) is 2.28. The van der Waals surface area contributed by atoms with E-state index >= 15 is 0 Å². The Hall–Kier alpha value is -1.22. The minimum atomic E-state index is -0.111. The van der Waals surface area contributed by atoms with Crippen molar-refractivity contribution >= 4 is 5.69 Å². The van der Waals surface area contributed by atoms with Crippen molar-refractivity contribution in [2.75, 3.05) is 31.1 Å². The minimum Gasteiger partial charge on any atom is -0.484 e. The van der Waals surface area contributed by atoms with Crippen molar-refractivity contribution in [1.82, 2.24) is 5.32 Å². The first-order valence-corrected chi connectivity index (χ1v) is 6.36. The average molecular weight is 234 g/mol. The molecule has 0 atom stereocenters. The summed E-state index contributed by atoms with van der Waals surface area (Å²) in [6.45, 7) is 10.4. The van der Waals surface area contributed by atoms with E-state index in [1.54, 1.807) is 0 Å².